The minimum atomic E-state index is 0.306. The molecule has 5 rings (SSSR count). The topological polar surface area (TPSA) is 49.3 Å². The van der Waals surface area contributed by atoms with E-state index in [1.165, 1.54) is 16.8 Å². The number of rotatable bonds is 4. The highest BCUT2D eigenvalue weighted by Gasteiger charge is 2.32. The van der Waals surface area contributed by atoms with Gasteiger partial charge in [-0.05, 0) is 43.5 Å². The molecule has 0 radical (unpaired) electrons. The molecule has 0 aliphatic carbocycles. The quantitative estimate of drug-likeness (QED) is 0.689. The smallest absolute Gasteiger partial charge is 0.222 e. The second kappa shape index (κ2) is 6.89. The molecule has 1 unspecified atom stereocenters. The largest absolute Gasteiger partial charge is 0.343 e. The van der Waals surface area contributed by atoms with Gasteiger partial charge in [-0.25, -0.2) is 9.97 Å². The third kappa shape index (κ3) is 2.91. The van der Waals surface area contributed by atoms with E-state index >= 15 is 0 Å². The van der Waals surface area contributed by atoms with Crippen LogP contribution in [0.1, 0.15) is 36.3 Å². The zero-order valence-electron chi connectivity index (χ0n) is 16.1. The molecule has 0 saturated carbocycles. The molecular weight excluding hydrogens is 348 g/mol. The van der Waals surface area contributed by atoms with Gasteiger partial charge in [0.1, 0.15) is 12.1 Å². The molecule has 5 nitrogen and oxygen atoms in total. The number of amides is 1. The summed E-state index contributed by atoms with van der Waals surface area (Å²) in [5.74, 6) is 1.68. The Morgan fingerprint density at radius 3 is 2.89 bits per heavy atom. The van der Waals surface area contributed by atoms with Crippen molar-refractivity contribution in [2.45, 2.75) is 32.1 Å². The first kappa shape index (κ1) is 17.2. The molecule has 142 valence electrons. The summed E-state index contributed by atoms with van der Waals surface area (Å²) >= 11 is 0. The lowest BCUT2D eigenvalue weighted by Crippen LogP contribution is -2.27. The first-order valence-electron chi connectivity index (χ1n) is 10.1. The average Bonchev–Trinajstić information content (AvgIpc) is 3.29. The van der Waals surface area contributed by atoms with Crippen molar-refractivity contribution in [3.63, 3.8) is 0 Å². The molecule has 1 fully saturated rings. The van der Waals surface area contributed by atoms with Gasteiger partial charge in [0.25, 0.3) is 0 Å². The predicted octanol–water partition coefficient (Wildman–Crippen LogP) is 4.19. The Hall–Kier alpha value is -2.95. The molecule has 2 aliphatic rings. The molecule has 1 saturated heterocycles. The minimum Gasteiger partial charge on any atom is -0.343 e. The van der Waals surface area contributed by atoms with Gasteiger partial charge in [-0.2, -0.15) is 0 Å². The first-order chi connectivity index (χ1) is 13.7. The maximum absolute atomic E-state index is 12.0. The zero-order chi connectivity index (χ0) is 19.1. The summed E-state index contributed by atoms with van der Waals surface area (Å²) in [5.41, 5.74) is 4.76. The summed E-state index contributed by atoms with van der Waals surface area (Å²) in [4.78, 5) is 25.4. The van der Waals surface area contributed by atoms with Gasteiger partial charge < -0.3 is 9.80 Å². The van der Waals surface area contributed by atoms with E-state index in [0.29, 0.717) is 18.2 Å². The molecule has 1 atom stereocenters. The van der Waals surface area contributed by atoms with Crippen LogP contribution in [0, 0.1) is 6.92 Å². The number of carbonyl (C=O) groups is 1. The molecule has 5 heteroatoms. The van der Waals surface area contributed by atoms with Crippen molar-refractivity contribution < 1.29 is 4.79 Å². The molecule has 0 bridgehead atoms. The number of likely N-dealkylation sites (tertiary alicyclic amines) is 1. The fourth-order valence-electron chi connectivity index (χ4n) is 4.57. The number of hydrogen-bond acceptors (Lipinski definition) is 4. The molecule has 0 spiro atoms. The monoisotopic (exact) mass is 372 g/mol. The fraction of sp³-hybridized carbons (Fsp3) is 0.348. The summed E-state index contributed by atoms with van der Waals surface area (Å²) in [5, 5.41) is 1.09. The van der Waals surface area contributed by atoms with Crippen LogP contribution in [0.4, 0.5) is 11.5 Å². The Labute approximate surface area is 165 Å². The Kier molecular flexibility index (Phi) is 4.23. The lowest BCUT2D eigenvalue weighted by molar-refractivity contribution is -0.127. The molecule has 2 aliphatic heterocycles. The van der Waals surface area contributed by atoms with E-state index in [-0.39, 0.29) is 0 Å². The number of hydrogen-bond donors (Lipinski definition) is 0. The van der Waals surface area contributed by atoms with Gasteiger partial charge in [-0.3, -0.25) is 4.79 Å². The second-order valence-electron chi connectivity index (χ2n) is 7.86. The van der Waals surface area contributed by atoms with E-state index in [1.807, 2.05) is 4.90 Å². The summed E-state index contributed by atoms with van der Waals surface area (Å²) in [6.07, 6.45) is 4.35. The highest BCUT2D eigenvalue weighted by Crippen LogP contribution is 2.43. The Morgan fingerprint density at radius 2 is 2.04 bits per heavy atom. The van der Waals surface area contributed by atoms with Crippen LogP contribution < -0.4 is 4.90 Å². The van der Waals surface area contributed by atoms with Crippen LogP contribution in [0.2, 0.25) is 0 Å². The van der Waals surface area contributed by atoms with Crippen LogP contribution in [0.3, 0.4) is 0 Å². The number of anilines is 2. The minimum absolute atomic E-state index is 0.306. The van der Waals surface area contributed by atoms with Crippen LogP contribution in [0.5, 0.6) is 0 Å². The van der Waals surface area contributed by atoms with Gasteiger partial charge in [-0.15, -0.1) is 0 Å². The maximum Gasteiger partial charge on any atom is 0.222 e. The van der Waals surface area contributed by atoms with E-state index in [0.717, 1.165) is 49.2 Å². The SMILES string of the molecule is Cc1ccc2ncnc(N3CC(CCN4CCCC4=O)c4ccccc43)c2c1. The van der Waals surface area contributed by atoms with E-state index in [9.17, 15) is 4.79 Å². The molecule has 1 aromatic heterocycles. The molecule has 28 heavy (non-hydrogen) atoms. The van der Waals surface area contributed by atoms with Crippen LogP contribution in [0.25, 0.3) is 10.9 Å². The van der Waals surface area contributed by atoms with E-state index in [1.54, 1.807) is 6.33 Å². The number of aromatic nitrogens is 2. The van der Waals surface area contributed by atoms with Crippen molar-refractivity contribution in [3.8, 4) is 0 Å². The predicted molar refractivity (Wildman–Crippen MR) is 111 cm³/mol. The van der Waals surface area contributed by atoms with Crippen molar-refractivity contribution in [3.05, 3.63) is 59.9 Å². The summed E-state index contributed by atoms with van der Waals surface area (Å²) in [7, 11) is 0. The third-order valence-corrected chi connectivity index (χ3v) is 6.01. The van der Waals surface area contributed by atoms with Crippen LogP contribution in [-0.4, -0.2) is 40.4 Å². The van der Waals surface area contributed by atoms with Crippen molar-refractivity contribution in [2.24, 2.45) is 0 Å². The number of carbonyl (C=O) groups excluding carboxylic acids is 1. The molecule has 3 aromatic rings. The van der Waals surface area contributed by atoms with Crippen molar-refractivity contribution >= 4 is 28.3 Å². The zero-order valence-corrected chi connectivity index (χ0v) is 16.1. The Morgan fingerprint density at radius 1 is 1.14 bits per heavy atom. The van der Waals surface area contributed by atoms with E-state index in [4.69, 9.17) is 0 Å². The molecule has 1 amide bonds. The van der Waals surface area contributed by atoms with Crippen molar-refractivity contribution in [1.29, 1.82) is 0 Å². The van der Waals surface area contributed by atoms with Gasteiger partial charge in [0.15, 0.2) is 0 Å². The molecule has 3 heterocycles. The van der Waals surface area contributed by atoms with Gasteiger partial charge in [0, 0.05) is 43.0 Å². The molecular formula is C23H24N4O. The standard InChI is InChI=1S/C23H24N4O/c1-16-8-9-20-19(13-16)23(25-15-24-20)27-14-17(18-5-2-3-6-21(18)27)10-12-26-11-4-7-22(26)28/h2-3,5-6,8-9,13,15,17H,4,7,10-12,14H2,1H3. The average molecular weight is 372 g/mol. The number of fused-ring (bicyclic) bond motifs is 2. The summed E-state index contributed by atoms with van der Waals surface area (Å²) < 4.78 is 0. The van der Waals surface area contributed by atoms with Gasteiger partial charge in [0.2, 0.25) is 5.91 Å². The molecule has 0 N–H and O–H groups in total. The lowest BCUT2D eigenvalue weighted by atomic mass is 9.98. The number of para-hydroxylation sites is 1. The highest BCUT2D eigenvalue weighted by atomic mass is 16.2. The number of aryl methyl sites for hydroxylation is 1. The van der Waals surface area contributed by atoms with E-state index in [2.05, 4.69) is 64.3 Å². The molecule has 2 aromatic carbocycles. The Bertz CT molecular complexity index is 1050. The number of nitrogens with zero attached hydrogens (tertiary/aromatic N) is 4. The summed E-state index contributed by atoms with van der Waals surface area (Å²) in [6.45, 7) is 4.74. The maximum atomic E-state index is 12.0. The van der Waals surface area contributed by atoms with Gasteiger partial charge in [0.05, 0.1) is 5.52 Å². The number of benzene rings is 2. The second-order valence-corrected chi connectivity index (χ2v) is 7.86. The highest BCUT2D eigenvalue weighted by molar-refractivity contribution is 5.92. The lowest BCUT2D eigenvalue weighted by Gasteiger charge is -2.21. The third-order valence-electron chi connectivity index (χ3n) is 6.01. The van der Waals surface area contributed by atoms with Crippen molar-refractivity contribution in [1.82, 2.24) is 14.9 Å². The summed E-state index contributed by atoms with van der Waals surface area (Å²) in [6, 6.07) is 14.9. The van der Waals surface area contributed by atoms with E-state index < -0.39 is 0 Å². The first-order valence-corrected chi connectivity index (χ1v) is 10.1. The van der Waals surface area contributed by atoms with Crippen LogP contribution in [-0.2, 0) is 4.79 Å². The van der Waals surface area contributed by atoms with Crippen LogP contribution in [0.15, 0.2) is 48.8 Å². The Balaban J connectivity index is 1.48. The van der Waals surface area contributed by atoms with Gasteiger partial charge >= 0.3 is 0 Å². The van der Waals surface area contributed by atoms with Gasteiger partial charge in [-0.1, -0.05) is 29.8 Å². The van der Waals surface area contributed by atoms with Crippen molar-refractivity contribution in [2.75, 3.05) is 24.5 Å². The fourth-order valence-corrected chi connectivity index (χ4v) is 4.57. The van der Waals surface area contributed by atoms with Crippen LogP contribution >= 0.6 is 0 Å². The normalized spacial score (nSPS) is 18.9.